The Kier molecular flexibility index (Phi) is 6.52. The van der Waals surface area contributed by atoms with Crippen LogP contribution in [0, 0.1) is 0 Å². The SMILES string of the molecule is COc1ccc(S(=O)(=O)N2CCCCCC2)cc1NC(=O)c1cc(-c2cccnc2)on1. The number of sulfonamides is 1. The first-order chi connectivity index (χ1) is 15.5. The van der Waals surface area contributed by atoms with Gasteiger partial charge < -0.3 is 14.6 Å². The largest absolute Gasteiger partial charge is 0.495 e. The molecular formula is C22H24N4O5S. The minimum absolute atomic E-state index is 0.0479. The number of nitrogens with one attached hydrogen (secondary N) is 1. The predicted molar refractivity (Wildman–Crippen MR) is 118 cm³/mol. The van der Waals surface area contributed by atoms with Crippen LogP contribution >= 0.6 is 0 Å². The van der Waals surface area contributed by atoms with Crippen LogP contribution in [0.25, 0.3) is 11.3 Å². The van der Waals surface area contributed by atoms with E-state index in [9.17, 15) is 13.2 Å². The summed E-state index contributed by atoms with van der Waals surface area (Å²) in [6.45, 7) is 0.984. The number of aromatic nitrogens is 2. The lowest BCUT2D eigenvalue weighted by molar-refractivity contribution is 0.101. The van der Waals surface area contributed by atoms with Crippen molar-refractivity contribution in [2.45, 2.75) is 30.6 Å². The van der Waals surface area contributed by atoms with Gasteiger partial charge in [-0.15, -0.1) is 0 Å². The topological polar surface area (TPSA) is 115 Å². The van der Waals surface area contributed by atoms with Gasteiger partial charge in [-0.1, -0.05) is 18.0 Å². The van der Waals surface area contributed by atoms with Gasteiger partial charge in [0.05, 0.1) is 17.7 Å². The third kappa shape index (κ3) is 4.66. The zero-order chi connectivity index (χ0) is 22.6. The summed E-state index contributed by atoms with van der Waals surface area (Å²) in [5.74, 6) is 0.184. The molecule has 0 spiro atoms. The maximum atomic E-state index is 13.1. The summed E-state index contributed by atoms with van der Waals surface area (Å²) in [5, 5.41) is 6.50. The molecule has 1 fully saturated rings. The van der Waals surface area contributed by atoms with Crippen molar-refractivity contribution in [3.8, 4) is 17.1 Å². The van der Waals surface area contributed by atoms with Crippen LogP contribution in [0.3, 0.4) is 0 Å². The molecule has 0 radical (unpaired) electrons. The highest BCUT2D eigenvalue weighted by molar-refractivity contribution is 7.89. The van der Waals surface area contributed by atoms with E-state index in [1.807, 2.05) is 0 Å². The first-order valence-electron chi connectivity index (χ1n) is 10.4. The van der Waals surface area contributed by atoms with Gasteiger partial charge in [-0.05, 0) is 43.2 Å². The lowest BCUT2D eigenvalue weighted by Crippen LogP contribution is -2.32. The van der Waals surface area contributed by atoms with E-state index in [-0.39, 0.29) is 16.3 Å². The zero-order valence-electron chi connectivity index (χ0n) is 17.7. The van der Waals surface area contributed by atoms with Gasteiger partial charge in [-0.2, -0.15) is 4.31 Å². The lowest BCUT2D eigenvalue weighted by atomic mass is 10.2. The van der Waals surface area contributed by atoms with Crippen molar-refractivity contribution in [3.05, 3.63) is 54.5 Å². The number of hydrogen-bond acceptors (Lipinski definition) is 7. The summed E-state index contributed by atoms with van der Waals surface area (Å²) in [4.78, 5) is 16.9. The van der Waals surface area contributed by atoms with E-state index in [0.29, 0.717) is 30.2 Å². The van der Waals surface area contributed by atoms with Crippen molar-refractivity contribution in [1.29, 1.82) is 0 Å². The Labute approximate surface area is 186 Å². The summed E-state index contributed by atoms with van der Waals surface area (Å²) in [6.07, 6.45) is 6.95. The lowest BCUT2D eigenvalue weighted by Gasteiger charge is -2.21. The minimum atomic E-state index is -3.68. The molecule has 168 valence electrons. The van der Waals surface area contributed by atoms with E-state index in [2.05, 4.69) is 15.5 Å². The van der Waals surface area contributed by atoms with Crippen molar-refractivity contribution in [2.24, 2.45) is 0 Å². The van der Waals surface area contributed by atoms with Crippen LogP contribution in [0.1, 0.15) is 36.2 Å². The highest BCUT2D eigenvalue weighted by Crippen LogP contribution is 2.30. The van der Waals surface area contributed by atoms with Crippen molar-refractivity contribution >= 4 is 21.6 Å². The molecule has 1 aliphatic rings. The van der Waals surface area contributed by atoms with E-state index in [4.69, 9.17) is 9.26 Å². The smallest absolute Gasteiger partial charge is 0.277 e. The number of carbonyl (C=O) groups excluding carboxylic acids is 1. The maximum Gasteiger partial charge on any atom is 0.277 e. The van der Waals surface area contributed by atoms with Crippen molar-refractivity contribution in [2.75, 3.05) is 25.5 Å². The number of amides is 1. The first-order valence-corrected chi connectivity index (χ1v) is 11.8. The molecule has 3 heterocycles. The van der Waals surface area contributed by atoms with Crippen LogP contribution < -0.4 is 10.1 Å². The second-order valence-electron chi connectivity index (χ2n) is 7.45. The molecule has 32 heavy (non-hydrogen) atoms. The fourth-order valence-electron chi connectivity index (χ4n) is 3.59. The number of pyridine rings is 1. The third-order valence-corrected chi connectivity index (χ3v) is 7.21. The summed E-state index contributed by atoms with van der Waals surface area (Å²) >= 11 is 0. The van der Waals surface area contributed by atoms with Crippen molar-refractivity contribution in [3.63, 3.8) is 0 Å². The van der Waals surface area contributed by atoms with Gasteiger partial charge in [0.2, 0.25) is 10.0 Å². The minimum Gasteiger partial charge on any atom is -0.495 e. The number of methoxy groups -OCH3 is 1. The number of rotatable bonds is 6. The average Bonchev–Trinajstić information content (AvgIpc) is 3.14. The summed E-state index contributed by atoms with van der Waals surface area (Å²) < 4.78 is 38.4. The molecule has 10 heteroatoms. The average molecular weight is 457 g/mol. The molecule has 1 aliphatic heterocycles. The van der Waals surface area contributed by atoms with Gasteiger partial charge in [0.1, 0.15) is 5.75 Å². The number of ether oxygens (including phenoxy) is 1. The normalized spacial score (nSPS) is 15.2. The van der Waals surface area contributed by atoms with Gasteiger partial charge >= 0.3 is 0 Å². The van der Waals surface area contributed by atoms with Crippen LogP contribution in [0.2, 0.25) is 0 Å². The molecule has 1 aromatic carbocycles. The molecule has 0 atom stereocenters. The van der Waals surface area contributed by atoms with E-state index in [1.165, 1.54) is 35.7 Å². The van der Waals surface area contributed by atoms with E-state index < -0.39 is 15.9 Å². The number of benzene rings is 1. The zero-order valence-corrected chi connectivity index (χ0v) is 18.5. The Balaban J connectivity index is 1.58. The quantitative estimate of drug-likeness (QED) is 0.603. The number of anilines is 1. The molecule has 1 saturated heterocycles. The second kappa shape index (κ2) is 9.49. The van der Waals surface area contributed by atoms with Gasteiger partial charge in [0.25, 0.3) is 5.91 Å². The van der Waals surface area contributed by atoms with Crippen LogP contribution in [-0.4, -0.2) is 49.0 Å². The van der Waals surface area contributed by atoms with Crippen molar-refractivity contribution < 1.29 is 22.5 Å². The molecule has 0 aliphatic carbocycles. The van der Waals surface area contributed by atoms with Crippen LogP contribution in [0.15, 0.2) is 58.2 Å². The highest BCUT2D eigenvalue weighted by atomic mass is 32.2. The Morgan fingerprint density at radius 1 is 1.12 bits per heavy atom. The van der Waals surface area contributed by atoms with Crippen LogP contribution in [0.5, 0.6) is 5.75 Å². The number of carbonyl (C=O) groups is 1. The Bertz CT molecular complexity index is 1190. The number of hydrogen-bond donors (Lipinski definition) is 1. The molecule has 0 saturated carbocycles. The summed E-state index contributed by atoms with van der Waals surface area (Å²) in [7, 11) is -2.23. The molecule has 4 rings (SSSR count). The van der Waals surface area contributed by atoms with Crippen LogP contribution in [-0.2, 0) is 10.0 Å². The first kappa shape index (κ1) is 22.0. The van der Waals surface area contributed by atoms with E-state index >= 15 is 0 Å². The Hall–Kier alpha value is -3.24. The second-order valence-corrected chi connectivity index (χ2v) is 9.39. The Morgan fingerprint density at radius 2 is 1.91 bits per heavy atom. The Morgan fingerprint density at radius 3 is 2.59 bits per heavy atom. The van der Waals surface area contributed by atoms with Crippen LogP contribution in [0.4, 0.5) is 5.69 Å². The molecule has 9 nitrogen and oxygen atoms in total. The molecule has 1 N–H and O–H groups in total. The molecule has 1 amide bonds. The molecular weight excluding hydrogens is 432 g/mol. The predicted octanol–water partition coefficient (Wildman–Crippen LogP) is 3.56. The third-order valence-electron chi connectivity index (χ3n) is 5.31. The van der Waals surface area contributed by atoms with Gasteiger partial charge in [0, 0.05) is 37.1 Å². The van der Waals surface area contributed by atoms with Gasteiger partial charge in [0.15, 0.2) is 11.5 Å². The molecule has 0 unspecified atom stereocenters. The van der Waals surface area contributed by atoms with E-state index in [1.54, 1.807) is 24.5 Å². The maximum absolute atomic E-state index is 13.1. The molecule has 3 aromatic rings. The fourth-order valence-corrected chi connectivity index (χ4v) is 5.13. The van der Waals surface area contributed by atoms with Gasteiger partial charge in [-0.3, -0.25) is 9.78 Å². The van der Waals surface area contributed by atoms with Gasteiger partial charge in [-0.25, -0.2) is 8.42 Å². The number of nitrogens with zero attached hydrogens (tertiary/aromatic N) is 3. The summed E-state index contributed by atoms with van der Waals surface area (Å²) in [5.41, 5.74) is 0.966. The van der Waals surface area contributed by atoms with E-state index in [0.717, 1.165) is 25.7 Å². The highest BCUT2D eigenvalue weighted by Gasteiger charge is 2.26. The summed E-state index contributed by atoms with van der Waals surface area (Å²) in [6, 6.07) is 9.47. The fraction of sp³-hybridized carbons (Fsp3) is 0.318. The molecule has 2 aromatic heterocycles. The molecule has 0 bridgehead atoms. The van der Waals surface area contributed by atoms with Crippen molar-refractivity contribution in [1.82, 2.24) is 14.4 Å². The monoisotopic (exact) mass is 456 g/mol. The standard InChI is InChI=1S/C22H24N4O5S/c1-30-20-9-8-17(32(28,29)26-11-4-2-3-5-12-26)13-18(20)24-22(27)19-14-21(31-25-19)16-7-6-10-23-15-16/h6-10,13-15H,2-5,11-12H2,1H3,(H,24,27).